The first-order chi connectivity index (χ1) is 16.0. The number of halogens is 2. The Bertz CT molecular complexity index is 1130. The van der Waals surface area contributed by atoms with Crippen LogP contribution < -0.4 is 14.2 Å². The third-order valence-electron chi connectivity index (χ3n) is 6.03. The Morgan fingerprint density at radius 1 is 0.970 bits per heavy atom. The first kappa shape index (κ1) is 21.9. The smallest absolute Gasteiger partial charge is 0.497 e. The zero-order chi connectivity index (χ0) is 22.8. The molecule has 174 valence electrons. The van der Waals surface area contributed by atoms with Gasteiger partial charge in [-0.25, -0.2) is 0 Å². The van der Waals surface area contributed by atoms with E-state index in [2.05, 4.69) is 14.5 Å². The molecule has 8 heteroatoms. The molecule has 0 atom stereocenters. The van der Waals surface area contributed by atoms with Crippen molar-refractivity contribution in [2.45, 2.75) is 38.3 Å². The van der Waals surface area contributed by atoms with E-state index < -0.39 is 6.29 Å². The molecule has 1 saturated heterocycles. The van der Waals surface area contributed by atoms with Crippen LogP contribution in [0.4, 0.5) is 8.78 Å². The Balaban J connectivity index is 1.10. The summed E-state index contributed by atoms with van der Waals surface area (Å²) in [6.07, 6.45) is 1.09. The minimum Gasteiger partial charge on any atom is -0.497 e. The molecule has 0 radical (unpaired) electrons. The molecule has 0 amide bonds. The fourth-order valence-electron chi connectivity index (χ4n) is 4.24. The second-order valence-electron chi connectivity index (χ2n) is 8.34. The van der Waals surface area contributed by atoms with E-state index in [9.17, 15) is 8.78 Å². The topological polar surface area (TPSA) is 59.0 Å². The molecule has 0 spiro atoms. The lowest BCUT2D eigenvalue weighted by Crippen LogP contribution is -2.32. The lowest BCUT2D eigenvalue weighted by Gasteiger charge is -2.29. The standard InChI is InChI=1S/C25H25F2NO5/c1-29-19-6-7-21-20(13-19)18(10-11-28-21)5-9-24-30-14-17(15-31-24)3-2-16-4-8-22-23(12-16)33-25(26,27)32-22/h4,6-8,10-13,17,24H,2-3,5,9,14-15H2,1H3. The summed E-state index contributed by atoms with van der Waals surface area (Å²) in [5.41, 5.74) is 3.03. The molecule has 0 aliphatic carbocycles. The largest absolute Gasteiger partial charge is 0.586 e. The van der Waals surface area contributed by atoms with Gasteiger partial charge in [-0.3, -0.25) is 4.98 Å². The molecule has 2 aliphatic rings. The molecule has 3 aromatic rings. The van der Waals surface area contributed by atoms with E-state index >= 15 is 0 Å². The summed E-state index contributed by atoms with van der Waals surface area (Å²) < 4.78 is 52.6. The monoisotopic (exact) mass is 457 g/mol. The third kappa shape index (κ3) is 5.02. The molecule has 0 bridgehead atoms. The number of aromatic nitrogens is 1. The van der Waals surface area contributed by atoms with Crippen LogP contribution in [0.3, 0.4) is 0 Å². The van der Waals surface area contributed by atoms with E-state index in [0.717, 1.165) is 47.9 Å². The van der Waals surface area contributed by atoms with Gasteiger partial charge in [0.2, 0.25) is 0 Å². The number of hydrogen-bond donors (Lipinski definition) is 0. The second-order valence-corrected chi connectivity index (χ2v) is 8.34. The number of alkyl halides is 2. The summed E-state index contributed by atoms with van der Waals surface area (Å²) in [7, 11) is 1.66. The van der Waals surface area contributed by atoms with E-state index in [1.54, 1.807) is 19.2 Å². The van der Waals surface area contributed by atoms with Crippen LogP contribution in [0.15, 0.2) is 48.7 Å². The number of methoxy groups -OCH3 is 1. The van der Waals surface area contributed by atoms with Crippen LogP contribution in [-0.2, 0) is 22.3 Å². The lowest BCUT2D eigenvalue weighted by atomic mass is 9.99. The number of aryl methyl sites for hydroxylation is 2. The summed E-state index contributed by atoms with van der Waals surface area (Å²) in [4.78, 5) is 4.42. The second kappa shape index (κ2) is 9.11. The number of hydrogen-bond acceptors (Lipinski definition) is 6. The zero-order valence-electron chi connectivity index (χ0n) is 18.3. The van der Waals surface area contributed by atoms with Crippen molar-refractivity contribution in [1.29, 1.82) is 0 Å². The summed E-state index contributed by atoms with van der Waals surface area (Å²) in [5.74, 6) is 1.20. The number of benzene rings is 2. The quantitative estimate of drug-likeness (QED) is 0.491. The summed E-state index contributed by atoms with van der Waals surface area (Å²) >= 11 is 0. The molecule has 2 aliphatic heterocycles. The van der Waals surface area contributed by atoms with Crippen LogP contribution in [0.25, 0.3) is 10.9 Å². The highest BCUT2D eigenvalue weighted by molar-refractivity contribution is 5.83. The number of ether oxygens (including phenoxy) is 5. The number of rotatable bonds is 7. The fraction of sp³-hybridized carbons (Fsp3) is 0.400. The van der Waals surface area contributed by atoms with E-state index in [-0.39, 0.29) is 23.7 Å². The van der Waals surface area contributed by atoms with Gasteiger partial charge in [-0.2, -0.15) is 0 Å². The van der Waals surface area contributed by atoms with Crippen molar-refractivity contribution in [1.82, 2.24) is 4.98 Å². The Kier molecular flexibility index (Phi) is 6.03. The van der Waals surface area contributed by atoms with E-state index in [1.807, 2.05) is 30.5 Å². The zero-order valence-corrected chi connectivity index (χ0v) is 18.3. The summed E-state index contributed by atoms with van der Waals surface area (Å²) in [6, 6.07) is 12.8. The molecule has 0 unspecified atom stereocenters. The van der Waals surface area contributed by atoms with Crippen LogP contribution >= 0.6 is 0 Å². The highest BCUT2D eigenvalue weighted by Gasteiger charge is 2.43. The number of nitrogens with zero attached hydrogens (tertiary/aromatic N) is 1. The SMILES string of the molecule is COc1ccc2nccc(CCC3OCC(CCc4ccc5c(c4)OC(F)(F)O5)CO3)c2c1. The van der Waals surface area contributed by atoms with Gasteiger partial charge in [-0.1, -0.05) is 6.07 Å². The molecular weight excluding hydrogens is 432 g/mol. The van der Waals surface area contributed by atoms with Crippen LogP contribution in [-0.4, -0.2) is 37.9 Å². The van der Waals surface area contributed by atoms with Gasteiger partial charge in [0, 0.05) is 23.9 Å². The van der Waals surface area contributed by atoms with E-state index in [0.29, 0.717) is 13.2 Å². The van der Waals surface area contributed by atoms with Crippen molar-refractivity contribution < 1.29 is 32.5 Å². The summed E-state index contributed by atoms with van der Waals surface area (Å²) in [5, 5.41) is 1.08. The van der Waals surface area contributed by atoms with Gasteiger partial charge in [-0.05, 0) is 66.8 Å². The van der Waals surface area contributed by atoms with Gasteiger partial charge < -0.3 is 23.7 Å². The molecule has 3 heterocycles. The number of fused-ring (bicyclic) bond motifs is 2. The first-order valence-electron chi connectivity index (χ1n) is 11.0. The minimum absolute atomic E-state index is 0.0661. The Hall–Kier alpha value is -2.97. The van der Waals surface area contributed by atoms with Gasteiger partial charge >= 0.3 is 6.29 Å². The maximum Gasteiger partial charge on any atom is 0.586 e. The average molecular weight is 457 g/mol. The van der Waals surface area contributed by atoms with Gasteiger partial charge in [0.1, 0.15) is 5.75 Å². The van der Waals surface area contributed by atoms with Crippen molar-refractivity contribution in [3.05, 3.63) is 59.8 Å². The highest BCUT2D eigenvalue weighted by atomic mass is 19.3. The lowest BCUT2D eigenvalue weighted by molar-refractivity contribution is -0.286. The molecule has 0 saturated carbocycles. The maximum absolute atomic E-state index is 13.2. The van der Waals surface area contributed by atoms with Crippen molar-refractivity contribution in [2.24, 2.45) is 5.92 Å². The molecule has 33 heavy (non-hydrogen) atoms. The van der Waals surface area contributed by atoms with Gasteiger partial charge in [0.15, 0.2) is 17.8 Å². The van der Waals surface area contributed by atoms with Crippen molar-refractivity contribution in [3.63, 3.8) is 0 Å². The van der Waals surface area contributed by atoms with Gasteiger partial charge in [0.25, 0.3) is 0 Å². The van der Waals surface area contributed by atoms with E-state index in [1.165, 1.54) is 11.6 Å². The number of pyridine rings is 1. The predicted octanol–water partition coefficient (Wildman–Crippen LogP) is 5.12. The minimum atomic E-state index is -3.59. The molecule has 5 rings (SSSR count). The van der Waals surface area contributed by atoms with Crippen molar-refractivity contribution in [3.8, 4) is 17.2 Å². The normalized spacial score (nSPS) is 21.3. The fourth-order valence-corrected chi connectivity index (χ4v) is 4.24. The van der Waals surface area contributed by atoms with Crippen LogP contribution in [0.5, 0.6) is 17.2 Å². The predicted molar refractivity (Wildman–Crippen MR) is 117 cm³/mol. The Morgan fingerprint density at radius 3 is 2.61 bits per heavy atom. The van der Waals surface area contributed by atoms with Crippen molar-refractivity contribution >= 4 is 10.9 Å². The maximum atomic E-state index is 13.2. The highest BCUT2D eigenvalue weighted by Crippen LogP contribution is 2.41. The van der Waals surface area contributed by atoms with Crippen LogP contribution in [0, 0.1) is 5.92 Å². The summed E-state index contributed by atoms with van der Waals surface area (Å²) in [6.45, 7) is 1.22. The molecule has 1 aromatic heterocycles. The van der Waals surface area contributed by atoms with Crippen molar-refractivity contribution in [2.75, 3.05) is 20.3 Å². The molecule has 6 nitrogen and oxygen atoms in total. The molecule has 2 aromatic carbocycles. The van der Waals surface area contributed by atoms with Gasteiger partial charge in [-0.15, -0.1) is 8.78 Å². The molecular formula is C25H25F2NO5. The molecule has 0 N–H and O–H groups in total. The molecule has 1 fully saturated rings. The Labute approximate surface area is 190 Å². The Morgan fingerprint density at radius 2 is 1.79 bits per heavy atom. The third-order valence-corrected chi connectivity index (χ3v) is 6.03. The van der Waals surface area contributed by atoms with Gasteiger partial charge in [0.05, 0.1) is 25.8 Å². The first-order valence-corrected chi connectivity index (χ1v) is 11.0. The average Bonchev–Trinajstić information content (AvgIpc) is 3.14. The van der Waals surface area contributed by atoms with Crippen LogP contribution in [0.2, 0.25) is 0 Å². The van der Waals surface area contributed by atoms with Crippen LogP contribution in [0.1, 0.15) is 24.0 Å². The van der Waals surface area contributed by atoms with E-state index in [4.69, 9.17) is 14.2 Å².